The summed E-state index contributed by atoms with van der Waals surface area (Å²) >= 11 is 0. The third-order valence-corrected chi connectivity index (χ3v) is 5.96. The van der Waals surface area contributed by atoms with Gasteiger partial charge in [-0.15, -0.1) is 0 Å². The Bertz CT molecular complexity index is 1040. The predicted molar refractivity (Wildman–Crippen MR) is 121 cm³/mol. The van der Waals surface area contributed by atoms with E-state index in [2.05, 4.69) is 23.0 Å². The Balaban J connectivity index is 1.59. The van der Waals surface area contributed by atoms with E-state index in [4.69, 9.17) is 4.99 Å². The van der Waals surface area contributed by atoms with Crippen molar-refractivity contribution in [2.45, 2.75) is 19.8 Å². The van der Waals surface area contributed by atoms with Crippen molar-refractivity contribution in [3.8, 4) is 0 Å². The molecule has 0 N–H and O–H groups in total. The Labute approximate surface area is 177 Å². The maximum atomic E-state index is 13.5. The number of aryl methyl sites for hydroxylation is 1. The standard InChI is InChI=1S/C25H27FN4/c1-17-14-22(26)7-8-23(17)19(3)21-6-5-13-30(16-21)25-28-24(15-18(2)29(25)4)20-9-11-27-12-10-20/h7-12,14-15,21H,2-3,5-6,13,16H2,1,4H3. The number of aliphatic imine (C=N–C) groups is 1. The Morgan fingerprint density at radius 1 is 1.20 bits per heavy atom. The third kappa shape index (κ3) is 3.92. The minimum Gasteiger partial charge on any atom is -0.342 e. The summed E-state index contributed by atoms with van der Waals surface area (Å²) in [6.07, 6.45) is 7.67. The maximum absolute atomic E-state index is 13.5. The smallest absolute Gasteiger partial charge is 0.206 e. The van der Waals surface area contributed by atoms with Gasteiger partial charge in [0.2, 0.25) is 5.96 Å². The summed E-state index contributed by atoms with van der Waals surface area (Å²) in [6, 6.07) is 8.87. The molecule has 0 spiro atoms. The number of benzene rings is 1. The molecular weight excluding hydrogens is 375 g/mol. The van der Waals surface area contributed by atoms with E-state index in [0.717, 1.165) is 65.5 Å². The first-order valence-electron chi connectivity index (χ1n) is 10.3. The molecule has 1 fully saturated rings. The summed E-state index contributed by atoms with van der Waals surface area (Å²) in [5.74, 6) is 0.992. The predicted octanol–water partition coefficient (Wildman–Crippen LogP) is 5.11. The minimum absolute atomic E-state index is 0.207. The quantitative estimate of drug-likeness (QED) is 0.715. The van der Waals surface area contributed by atoms with Crippen LogP contribution in [0.2, 0.25) is 0 Å². The van der Waals surface area contributed by atoms with E-state index in [-0.39, 0.29) is 5.82 Å². The molecule has 1 unspecified atom stereocenters. The van der Waals surface area contributed by atoms with Crippen LogP contribution in [0.1, 0.15) is 29.5 Å². The van der Waals surface area contributed by atoms with Gasteiger partial charge in [0, 0.05) is 49.7 Å². The summed E-state index contributed by atoms with van der Waals surface area (Å²) < 4.78 is 13.5. The van der Waals surface area contributed by atoms with Gasteiger partial charge in [-0.3, -0.25) is 4.98 Å². The number of piperidine rings is 1. The van der Waals surface area contributed by atoms with Crippen LogP contribution in [0.3, 0.4) is 0 Å². The van der Waals surface area contributed by atoms with Crippen LogP contribution in [0.5, 0.6) is 0 Å². The van der Waals surface area contributed by atoms with Crippen LogP contribution in [-0.4, -0.2) is 40.9 Å². The molecular formula is C25H27FN4. The Kier molecular flexibility index (Phi) is 5.53. The van der Waals surface area contributed by atoms with Crippen molar-refractivity contribution in [2.75, 3.05) is 20.1 Å². The first-order chi connectivity index (χ1) is 14.4. The van der Waals surface area contributed by atoms with Crippen LogP contribution < -0.4 is 0 Å². The van der Waals surface area contributed by atoms with Crippen molar-refractivity contribution in [3.63, 3.8) is 0 Å². The van der Waals surface area contributed by atoms with Crippen LogP contribution in [0, 0.1) is 18.7 Å². The van der Waals surface area contributed by atoms with Crippen molar-refractivity contribution < 1.29 is 4.39 Å². The fourth-order valence-electron chi connectivity index (χ4n) is 4.20. The highest BCUT2D eigenvalue weighted by Gasteiger charge is 2.29. The second-order valence-corrected chi connectivity index (χ2v) is 8.00. The molecule has 0 bridgehead atoms. The van der Waals surface area contributed by atoms with E-state index in [1.165, 1.54) is 6.07 Å². The van der Waals surface area contributed by atoms with Gasteiger partial charge in [0.1, 0.15) is 5.82 Å². The zero-order valence-electron chi connectivity index (χ0n) is 17.6. The first-order valence-corrected chi connectivity index (χ1v) is 10.3. The van der Waals surface area contributed by atoms with E-state index in [9.17, 15) is 4.39 Å². The number of rotatable bonds is 3. The lowest BCUT2D eigenvalue weighted by Gasteiger charge is -2.40. The first kappa shape index (κ1) is 20.1. The average Bonchev–Trinajstić information content (AvgIpc) is 2.76. The molecule has 1 aromatic heterocycles. The van der Waals surface area contributed by atoms with Gasteiger partial charge in [-0.25, -0.2) is 9.38 Å². The van der Waals surface area contributed by atoms with Crippen LogP contribution >= 0.6 is 0 Å². The van der Waals surface area contributed by atoms with Gasteiger partial charge in [-0.2, -0.15) is 0 Å². The van der Waals surface area contributed by atoms with E-state index >= 15 is 0 Å². The van der Waals surface area contributed by atoms with Gasteiger partial charge in [0.25, 0.3) is 0 Å². The van der Waals surface area contributed by atoms with Gasteiger partial charge < -0.3 is 9.80 Å². The molecule has 2 aromatic rings. The van der Waals surface area contributed by atoms with Gasteiger partial charge in [0.15, 0.2) is 0 Å². The summed E-state index contributed by atoms with van der Waals surface area (Å²) in [6.45, 7) is 12.3. The largest absolute Gasteiger partial charge is 0.342 e. The molecule has 154 valence electrons. The summed E-state index contributed by atoms with van der Waals surface area (Å²) in [5, 5.41) is 0. The van der Waals surface area contributed by atoms with Gasteiger partial charge in [0.05, 0.1) is 5.70 Å². The molecule has 4 nitrogen and oxygen atoms in total. The maximum Gasteiger partial charge on any atom is 0.206 e. The van der Waals surface area contributed by atoms with E-state index < -0.39 is 0 Å². The van der Waals surface area contributed by atoms with Crippen molar-refractivity contribution in [1.82, 2.24) is 14.8 Å². The van der Waals surface area contributed by atoms with Gasteiger partial charge in [-0.05, 0) is 66.8 Å². The summed E-state index contributed by atoms with van der Waals surface area (Å²) in [5.41, 5.74) is 5.87. The van der Waals surface area contributed by atoms with E-state index in [1.54, 1.807) is 18.5 Å². The van der Waals surface area contributed by atoms with Crippen molar-refractivity contribution in [1.29, 1.82) is 0 Å². The van der Waals surface area contributed by atoms with Crippen molar-refractivity contribution in [2.24, 2.45) is 10.9 Å². The average molecular weight is 403 g/mol. The number of pyridine rings is 1. The number of hydrogen-bond donors (Lipinski definition) is 0. The van der Waals surface area contributed by atoms with Gasteiger partial charge >= 0.3 is 0 Å². The second kappa shape index (κ2) is 8.27. The number of hydrogen-bond acceptors (Lipinski definition) is 4. The fourth-order valence-corrected chi connectivity index (χ4v) is 4.20. The lowest BCUT2D eigenvalue weighted by molar-refractivity contribution is 0.275. The molecule has 0 radical (unpaired) electrons. The number of likely N-dealkylation sites (tertiary alicyclic amines) is 1. The summed E-state index contributed by atoms with van der Waals surface area (Å²) in [4.78, 5) is 13.4. The van der Waals surface area contributed by atoms with Crippen LogP contribution in [-0.2, 0) is 0 Å². The number of nitrogens with zero attached hydrogens (tertiary/aromatic N) is 4. The normalized spacial score (nSPS) is 19.4. The molecule has 3 heterocycles. The number of likely N-dealkylation sites (N-methyl/N-ethyl adjacent to an activating group) is 1. The second-order valence-electron chi connectivity index (χ2n) is 8.00. The monoisotopic (exact) mass is 402 g/mol. The zero-order chi connectivity index (χ0) is 21.3. The molecule has 1 aromatic carbocycles. The minimum atomic E-state index is -0.207. The molecule has 0 aliphatic carbocycles. The molecule has 1 saturated heterocycles. The highest BCUT2D eigenvalue weighted by atomic mass is 19.1. The number of aromatic nitrogens is 1. The van der Waals surface area contributed by atoms with Crippen LogP contribution in [0.4, 0.5) is 4.39 Å². The van der Waals surface area contributed by atoms with Crippen LogP contribution in [0.15, 0.2) is 72.6 Å². The van der Waals surface area contributed by atoms with Gasteiger partial charge in [-0.1, -0.05) is 19.2 Å². The number of allylic oxidation sites excluding steroid dienone is 1. The molecule has 0 amide bonds. The Morgan fingerprint density at radius 3 is 2.70 bits per heavy atom. The van der Waals surface area contributed by atoms with E-state index in [0.29, 0.717) is 5.92 Å². The summed E-state index contributed by atoms with van der Waals surface area (Å²) in [7, 11) is 2.00. The van der Waals surface area contributed by atoms with Crippen molar-refractivity contribution in [3.05, 3.63) is 90.2 Å². The van der Waals surface area contributed by atoms with E-state index in [1.807, 2.05) is 43.1 Å². The zero-order valence-corrected chi connectivity index (χ0v) is 17.6. The topological polar surface area (TPSA) is 31.7 Å². The van der Waals surface area contributed by atoms with Crippen molar-refractivity contribution >= 4 is 17.2 Å². The molecule has 2 aliphatic heterocycles. The number of guanidine groups is 1. The SMILES string of the molecule is C=C(c1ccc(F)cc1C)C1CCCN(C2=NC(c3ccncc3)=CC(=C)N2C)C1. The lowest BCUT2D eigenvalue weighted by Crippen LogP contribution is -2.47. The highest BCUT2D eigenvalue weighted by Crippen LogP contribution is 2.33. The molecule has 0 saturated carbocycles. The highest BCUT2D eigenvalue weighted by molar-refractivity contribution is 5.91. The Morgan fingerprint density at radius 2 is 1.97 bits per heavy atom. The molecule has 5 heteroatoms. The number of halogens is 1. The Hall–Kier alpha value is -3.21. The lowest BCUT2D eigenvalue weighted by atomic mass is 9.85. The molecule has 1 atom stereocenters. The fraction of sp³-hybridized carbons (Fsp3) is 0.280. The third-order valence-electron chi connectivity index (χ3n) is 5.96. The van der Waals surface area contributed by atoms with Crippen LogP contribution in [0.25, 0.3) is 11.3 Å². The molecule has 4 rings (SSSR count). The molecule has 30 heavy (non-hydrogen) atoms. The molecule has 2 aliphatic rings.